The van der Waals surface area contributed by atoms with Crippen LogP contribution in [0.4, 0.5) is 0 Å². The van der Waals surface area contributed by atoms with Gasteiger partial charge in [-0.05, 0) is 30.5 Å². The zero-order chi connectivity index (χ0) is 12.6. The Morgan fingerprint density at radius 3 is 2.67 bits per heavy atom. The predicted octanol–water partition coefficient (Wildman–Crippen LogP) is 4.31. The molecule has 0 N–H and O–H groups in total. The maximum atomic E-state index is 6.36. The average Bonchev–Trinajstić information content (AvgIpc) is 2.77. The summed E-state index contributed by atoms with van der Waals surface area (Å²) in [5, 5.41) is 1.48. The number of rotatable bonds is 3. The second-order valence-corrected chi connectivity index (χ2v) is 5.84. The summed E-state index contributed by atoms with van der Waals surface area (Å²) in [4.78, 5) is 4.10. The minimum absolute atomic E-state index is 0.155. The zero-order valence-corrected chi connectivity index (χ0v) is 11.5. The first-order chi connectivity index (χ1) is 8.70. The number of halogens is 2. The lowest BCUT2D eigenvalue weighted by molar-refractivity contribution is 0.209. The molecule has 0 saturated heterocycles. The summed E-state index contributed by atoms with van der Waals surface area (Å²) in [6.07, 6.45) is 9.29. The fourth-order valence-electron chi connectivity index (χ4n) is 2.77. The van der Waals surface area contributed by atoms with Gasteiger partial charge >= 0.3 is 0 Å². The highest BCUT2D eigenvalue weighted by Crippen LogP contribution is 2.47. The van der Waals surface area contributed by atoms with Gasteiger partial charge in [-0.3, -0.25) is 0 Å². The van der Waals surface area contributed by atoms with Crippen molar-refractivity contribution < 1.29 is 0 Å². The van der Waals surface area contributed by atoms with Crippen molar-refractivity contribution in [1.82, 2.24) is 9.55 Å². The van der Waals surface area contributed by atoms with Gasteiger partial charge in [0.1, 0.15) is 0 Å². The normalized spacial score (nSPS) is 17.4. The highest BCUT2D eigenvalue weighted by molar-refractivity contribution is 6.35. The van der Waals surface area contributed by atoms with Crippen LogP contribution in [0, 0.1) is 0 Å². The third-order valence-electron chi connectivity index (χ3n) is 3.86. The minimum atomic E-state index is 0.155. The molecule has 1 fully saturated rings. The Morgan fingerprint density at radius 1 is 1.28 bits per heavy atom. The molecule has 4 heteroatoms. The van der Waals surface area contributed by atoms with Crippen molar-refractivity contribution in [2.75, 3.05) is 0 Å². The van der Waals surface area contributed by atoms with Crippen molar-refractivity contribution in [3.8, 4) is 0 Å². The van der Waals surface area contributed by atoms with Gasteiger partial charge in [-0.15, -0.1) is 0 Å². The van der Waals surface area contributed by atoms with Crippen molar-refractivity contribution in [2.45, 2.75) is 31.2 Å². The highest BCUT2D eigenvalue weighted by Gasteiger charge is 2.40. The van der Waals surface area contributed by atoms with E-state index in [1.807, 2.05) is 30.9 Å². The van der Waals surface area contributed by atoms with Crippen LogP contribution >= 0.6 is 23.2 Å². The second kappa shape index (κ2) is 4.60. The number of imidazole rings is 1. The van der Waals surface area contributed by atoms with E-state index in [1.165, 1.54) is 24.8 Å². The van der Waals surface area contributed by atoms with Crippen LogP contribution in [0.2, 0.25) is 10.0 Å². The molecule has 0 atom stereocenters. The van der Waals surface area contributed by atoms with E-state index in [0.29, 0.717) is 5.02 Å². The van der Waals surface area contributed by atoms with Gasteiger partial charge in [-0.25, -0.2) is 4.98 Å². The SMILES string of the molecule is Clc1ccc(C2(Cn3ccnc3)CCC2)c(Cl)c1. The molecular formula is C14H14Cl2N2. The van der Waals surface area contributed by atoms with E-state index in [0.717, 1.165) is 11.6 Å². The molecule has 3 rings (SSSR count). The molecule has 2 aromatic rings. The molecule has 94 valence electrons. The first-order valence-electron chi connectivity index (χ1n) is 6.11. The molecule has 0 bridgehead atoms. The Hall–Kier alpha value is -0.990. The molecule has 1 heterocycles. The smallest absolute Gasteiger partial charge is 0.0946 e. The number of aromatic nitrogens is 2. The predicted molar refractivity (Wildman–Crippen MR) is 74.2 cm³/mol. The molecule has 0 aliphatic heterocycles. The number of hydrogen-bond donors (Lipinski definition) is 0. The molecule has 1 aromatic carbocycles. The van der Waals surface area contributed by atoms with Gasteiger partial charge < -0.3 is 4.57 Å². The molecule has 1 aromatic heterocycles. The molecule has 1 aliphatic rings. The maximum absolute atomic E-state index is 6.36. The fourth-order valence-corrected chi connectivity index (χ4v) is 3.37. The van der Waals surface area contributed by atoms with Gasteiger partial charge in [0.05, 0.1) is 6.33 Å². The van der Waals surface area contributed by atoms with E-state index in [9.17, 15) is 0 Å². The Bertz CT molecular complexity index is 545. The lowest BCUT2D eigenvalue weighted by Crippen LogP contribution is -2.38. The topological polar surface area (TPSA) is 17.8 Å². The van der Waals surface area contributed by atoms with Crippen molar-refractivity contribution in [3.05, 3.63) is 52.5 Å². The van der Waals surface area contributed by atoms with E-state index in [-0.39, 0.29) is 5.41 Å². The van der Waals surface area contributed by atoms with Crippen LogP contribution in [0.3, 0.4) is 0 Å². The molecule has 0 spiro atoms. The summed E-state index contributed by atoms with van der Waals surface area (Å²) in [6, 6.07) is 5.84. The molecule has 1 saturated carbocycles. The largest absolute Gasteiger partial charge is 0.337 e. The van der Waals surface area contributed by atoms with Gasteiger partial charge in [0, 0.05) is 34.4 Å². The summed E-state index contributed by atoms with van der Waals surface area (Å²) in [6.45, 7) is 0.939. The van der Waals surface area contributed by atoms with Crippen LogP contribution < -0.4 is 0 Å². The van der Waals surface area contributed by atoms with Gasteiger partial charge in [0.15, 0.2) is 0 Å². The summed E-state index contributed by atoms with van der Waals surface area (Å²) in [5.41, 5.74) is 1.37. The van der Waals surface area contributed by atoms with Gasteiger partial charge in [0.25, 0.3) is 0 Å². The van der Waals surface area contributed by atoms with Gasteiger partial charge in [-0.2, -0.15) is 0 Å². The summed E-state index contributed by atoms with van der Waals surface area (Å²) in [5.74, 6) is 0. The Morgan fingerprint density at radius 2 is 2.11 bits per heavy atom. The molecule has 0 radical (unpaired) electrons. The molecule has 2 nitrogen and oxygen atoms in total. The minimum Gasteiger partial charge on any atom is -0.337 e. The average molecular weight is 281 g/mol. The number of benzene rings is 1. The van der Waals surface area contributed by atoms with E-state index in [2.05, 4.69) is 15.6 Å². The van der Waals surface area contributed by atoms with Gasteiger partial charge in [-0.1, -0.05) is 35.7 Å². The van der Waals surface area contributed by atoms with E-state index < -0.39 is 0 Å². The number of nitrogens with zero attached hydrogens (tertiary/aromatic N) is 2. The third kappa shape index (κ3) is 2.04. The van der Waals surface area contributed by atoms with Crippen LogP contribution in [0.15, 0.2) is 36.9 Å². The highest BCUT2D eigenvalue weighted by atomic mass is 35.5. The van der Waals surface area contributed by atoms with Crippen LogP contribution in [0.5, 0.6) is 0 Å². The lowest BCUT2D eigenvalue weighted by Gasteiger charge is -2.43. The van der Waals surface area contributed by atoms with Crippen LogP contribution in [-0.4, -0.2) is 9.55 Å². The molecule has 0 amide bonds. The maximum Gasteiger partial charge on any atom is 0.0946 e. The van der Waals surface area contributed by atoms with Crippen LogP contribution in [0.25, 0.3) is 0 Å². The van der Waals surface area contributed by atoms with Crippen molar-refractivity contribution in [1.29, 1.82) is 0 Å². The molecule has 1 aliphatic carbocycles. The van der Waals surface area contributed by atoms with Crippen LogP contribution in [-0.2, 0) is 12.0 Å². The first kappa shape index (κ1) is 12.1. The van der Waals surface area contributed by atoms with Gasteiger partial charge in [0.2, 0.25) is 0 Å². The standard InChI is InChI=1S/C14H14Cl2N2/c15-11-2-3-12(13(16)8-11)14(4-1-5-14)9-18-7-6-17-10-18/h2-3,6-8,10H,1,4-5,9H2. The quantitative estimate of drug-likeness (QED) is 0.819. The Kier molecular flexibility index (Phi) is 3.08. The molecule has 0 unspecified atom stereocenters. The van der Waals surface area contributed by atoms with Crippen molar-refractivity contribution in [3.63, 3.8) is 0 Å². The zero-order valence-electron chi connectivity index (χ0n) is 9.94. The summed E-state index contributed by atoms with van der Waals surface area (Å²) < 4.78 is 2.13. The van der Waals surface area contributed by atoms with Crippen molar-refractivity contribution >= 4 is 23.2 Å². The molecular weight excluding hydrogens is 267 g/mol. The number of hydrogen-bond acceptors (Lipinski definition) is 1. The van der Waals surface area contributed by atoms with E-state index >= 15 is 0 Å². The first-order valence-corrected chi connectivity index (χ1v) is 6.86. The second-order valence-electron chi connectivity index (χ2n) is 4.99. The van der Waals surface area contributed by atoms with E-state index in [1.54, 1.807) is 0 Å². The summed E-state index contributed by atoms with van der Waals surface area (Å²) >= 11 is 12.3. The third-order valence-corrected chi connectivity index (χ3v) is 4.41. The Labute approximate surface area is 117 Å². The van der Waals surface area contributed by atoms with Crippen molar-refractivity contribution in [2.24, 2.45) is 0 Å². The fraction of sp³-hybridized carbons (Fsp3) is 0.357. The molecule has 18 heavy (non-hydrogen) atoms. The summed E-state index contributed by atoms with van der Waals surface area (Å²) in [7, 11) is 0. The van der Waals surface area contributed by atoms with Crippen LogP contribution in [0.1, 0.15) is 24.8 Å². The lowest BCUT2D eigenvalue weighted by atomic mass is 9.64. The monoisotopic (exact) mass is 280 g/mol. The Balaban J connectivity index is 1.95. The van der Waals surface area contributed by atoms with E-state index in [4.69, 9.17) is 23.2 Å².